The summed E-state index contributed by atoms with van der Waals surface area (Å²) in [7, 11) is 0. The molecule has 0 aliphatic heterocycles. The van der Waals surface area contributed by atoms with Crippen LogP contribution in [-0.4, -0.2) is 25.4 Å². The summed E-state index contributed by atoms with van der Waals surface area (Å²) in [5.41, 5.74) is 1.39. The molecule has 0 spiro atoms. The molecule has 21 heavy (non-hydrogen) atoms. The number of hydrogen-bond acceptors (Lipinski definition) is 3. The van der Waals surface area contributed by atoms with Gasteiger partial charge in [-0.3, -0.25) is 0 Å². The van der Waals surface area contributed by atoms with Crippen molar-refractivity contribution >= 4 is 5.69 Å². The third-order valence-electron chi connectivity index (χ3n) is 4.78. The van der Waals surface area contributed by atoms with E-state index in [9.17, 15) is 0 Å². The molecule has 1 fully saturated rings. The van der Waals surface area contributed by atoms with Gasteiger partial charge in [-0.05, 0) is 50.5 Å². The highest BCUT2D eigenvalue weighted by Crippen LogP contribution is 2.47. The van der Waals surface area contributed by atoms with Gasteiger partial charge >= 0.3 is 0 Å². The summed E-state index contributed by atoms with van der Waals surface area (Å²) in [5.74, 6) is 0.946. The van der Waals surface area contributed by atoms with Crippen molar-refractivity contribution in [1.29, 1.82) is 0 Å². The van der Waals surface area contributed by atoms with Gasteiger partial charge in [0, 0.05) is 23.8 Å². The van der Waals surface area contributed by atoms with E-state index >= 15 is 0 Å². The molecule has 1 N–H and O–H groups in total. The third-order valence-corrected chi connectivity index (χ3v) is 4.78. The minimum absolute atomic E-state index is 0.230. The first-order valence-corrected chi connectivity index (χ1v) is 8.25. The van der Waals surface area contributed by atoms with Crippen LogP contribution in [0.2, 0.25) is 0 Å². The molecular formula is C18H29NO2. The minimum atomic E-state index is 0.230. The first kappa shape index (κ1) is 16.2. The molecule has 1 aromatic rings. The lowest BCUT2D eigenvalue weighted by atomic mass is 9.61. The lowest BCUT2D eigenvalue weighted by molar-refractivity contribution is -0.109. The maximum absolute atomic E-state index is 5.86. The van der Waals surface area contributed by atoms with Crippen molar-refractivity contribution in [3.05, 3.63) is 24.3 Å². The summed E-state index contributed by atoms with van der Waals surface area (Å²) >= 11 is 0. The van der Waals surface area contributed by atoms with E-state index in [1.165, 1.54) is 5.69 Å². The molecule has 0 bridgehead atoms. The minimum Gasteiger partial charge on any atom is -0.494 e. The zero-order chi connectivity index (χ0) is 15.3. The molecule has 1 aromatic carbocycles. The van der Waals surface area contributed by atoms with Gasteiger partial charge in [0.05, 0.1) is 12.7 Å². The van der Waals surface area contributed by atoms with E-state index in [1.54, 1.807) is 0 Å². The molecule has 0 heterocycles. The van der Waals surface area contributed by atoms with Crippen LogP contribution in [0.1, 0.15) is 47.0 Å². The second-order valence-electron chi connectivity index (χ2n) is 6.11. The summed E-state index contributed by atoms with van der Waals surface area (Å²) in [4.78, 5) is 0. The van der Waals surface area contributed by atoms with Gasteiger partial charge in [0.2, 0.25) is 0 Å². The van der Waals surface area contributed by atoms with Crippen molar-refractivity contribution < 1.29 is 9.47 Å². The van der Waals surface area contributed by atoms with Gasteiger partial charge in [0.15, 0.2) is 0 Å². The van der Waals surface area contributed by atoms with Gasteiger partial charge in [0.25, 0.3) is 0 Å². The number of benzene rings is 1. The molecule has 0 radical (unpaired) electrons. The molecule has 3 unspecified atom stereocenters. The largest absolute Gasteiger partial charge is 0.494 e. The molecule has 118 valence electrons. The van der Waals surface area contributed by atoms with E-state index in [0.717, 1.165) is 38.2 Å². The fraction of sp³-hybridized carbons (Fsp3) is 0.667. The Morgan fingerprint density at radius 2 is 1.90 bits per heavy atom. The Balaban J connectivity index is 1.93. The molecule has 2 rings (SSSR count). The van der Waals surface area contributed by atoms with Crippen LogP contribution in [0.15, 0.2) is 24.3 Å². The van der Waals surface area contributed by atoms with Crippen LogP contribution < -0.4 is 10.1 Å². The van der Waals surface area contributed by atoms with Crippen LogP contribution in [0.3, 0.4) is 0 Å². The Bertz CT molecular complexity index is 431. The fourth-order valence-electron chi connectivity index (χ4n) is 3.04. The number of nitrogens with one attached hydrogen (secondary N) is 1. The molecule has 0 saturated heterocycles. The van der Waals surface area contributed by atoms with Gasteiger partial charge < -0.3 is 14.8 Å². The predicted octanol–water partition coefficient (Wildman–Crippen LogP) is 4.48. The highest BCUT2D eigenvalue weighted by molar-refractivity contribution is 5.48. The third kappa shape index (κ3) is 3.52. The zero-order valence-electron chi connectivity index (χ0n) is 13.8. The average Bonchev–Trinajstić information content (AvgIpc) is 2.52. The molecule has 1 aliphatic carbocycles. The Hall–Kier alpha value is -1.22. The summed E-state index contributed by atoms with van der Waals surface area (Å²) in [6, 6.07) is 8.78. The number of anilines is 1. The second-order valence-corrected chi connectivity index (χ2v) is 6.11. The Morgan fingerprint density at radius 1 is 1.19 bits per heavy atom. The first-order chi connectivity index (χ1) is 10.1. The first-order valence-electron chi connectivity index (χ1n) is 8.25. The molecular weight excluding hydrogens is 262 g/mol. The number of ether oxygens (including phenoxy) is 2. The molecule has 0 aromatic heterocycles. The van der Waals surface area contributed by atoms with Crippen LogP contribution in [0.5, 0.6) is 5.75 Å². The molecule has 3 heteroatoms. The topological polar surface area (TPSA) is 30.5 Å². The average molecular weight is 291 g/mol. The predicted molar refractivity (Wildman–Crippen MR) is 88.1 cm³/mol. The Labute approximate surface area is 129 Å². The maximum Gasteiger partial charge on any atom is 0.119 e. The molecule has 3 atom stereocenters. The smallest absolute Gasteiger partial charge is 0.119 e. The number of rotatable bonds is 8. The van der Waals surface area contributed by atoms with E-state index in [0.29, 0.717) is 12.1 Å². The van der Waals surface area contributed by atoms with Crippen molar-refractivity contribution in [2.45, 2.75) is 59.1 Å². The van der Waals surface area contributed by atoms with Crippen LogP contribution in [0, 0.1) is 5.41 Å². The monoisotopic (exact) mass is 291 g/mol. The van der Waals surface area contributed by atoms with Crippen molar-refractivity contribution in [1.82, 2.24) is 0 Å². The highest BCUT2D eigenvalue weighted by atomic mass is 16.5. The van der Waals surface area contributed by atoms with Crippen molar-refractivity contribution in [3.8, 4) is 5.75 Å². The summed E-state index contributed by atoms with van der Waals surface area (Å²) in [5, 5.41) is 3.66. The van der Waals surface area contributed by atoms with Gasteiger partial charge in [-0.15, -0.1) is 0 Å². The summed E-state index contributed by atoms with van der Waals surface area (Å²) in [6.45, 7) is 10.4. The maximum atomic E-state index is 5.86. The molecule has 1 aliphatic rings. The summed E-state index contributed by atoms with van der Waals surface area (Å²) in [6.07, 6.45) is 3.65. The van der Waals surface area contributed by atoms with Crippen LogP contribution in [-0.2, 0) is 4.74 Å². The van der Waals surface area contributed by atoms with Crippen LogP contribution in [0.25, 0.3) is 0 Å². The molecule has 3 nitrogen and oxygen atoms in total. The van der Waals surface area contributed by atoms with Crippen molar-refractivity contribution in [2.24, 2.45) is 5.41 Å². The Kier molecular flexibility index (Phi) is 5.51. The summed E-state index contributed by atoms with van der Waals surface area (Å²) < 4.78 is 11.5. The second kappa shape index (κ2) is 7.17. The van der Waals surface area contributed by atoms with Gasteiger partial charge in [-0.1, -0.05) is 20.8 Å². The van der Waals surface area contributed by atoms with E-state index in [1.807, 2.05) is 12.1 Å². The quantitative estimate of drug-likeness (QED) is 0.766. The van der Waals surface area contributed by atoms with Crippen LogP contribution in [0.4, 0.5) is 5.69 Å². The van der Waals surface area contributed by atoms with E-state index < -0.39 is 0 Å². The lowest BCUT2D eigenvalue weighted by Gasteiger charge is -2.54. The van der Waals surface area contributed by atoms with Gasteiger partial charge in [-0.25, -0.2) is 0 Å². The van der Waals surface area contributed by atoms with Crippen molar-refractivity contribution in [2.75, 3.05) is 18.5 Å². The SMILES string of the molecule is CCCOc1ccc(NC2CC(OCC)C2(C)CC)cc1. The Morgan fingerprint density at radius 3 is 2.48 bits per heavy atom. The highest BCUT2D eigenvalue weighted by Gasteiger charge is 2.51. The van der Waals surface area contributed by atoms with Gasteiger partial charge in [0.1, 0.15) is 5.75 Å². The van der Waals surface area contributed by atoms with E-state index in [-0.39, 0.29) is 5.41 Å². The molecule has 1 saturated carbocycles. The zero-order valence-corrected chi connectivity index (χ0v) is 13.8. The fourth-order valence-corrected chi connectivity index (χ4v) is 3.04. The molecule has 0 amide bonds. The normalized spacial score (nSPS) is 28.0. The number of hydrogen-bond donors (Lipinski definition) is 1. The van der Waals surface area contributed by atoms with E-state index in [2.05, 4.69) is 45.1 Å². The lowest BCUT2D eigenvalue weighted by Crippen LogP contribution is -2.59. The van der Waals surface area contributed by atoms with Gasteiger partial charge in [-0.2, -0.15) is 0 Å². The van der Waals surface area contributed by atoms with E-state index in [4.69, 9.17) is 9.47 Å². The standard InChI is InChI=1S/C18H29NO2/c1-5-12-21-15-10-8-14(9-11-15)19-16-13-17(20-7-3)18(16,4)6-2/h8-11,16-17,19H,5-7,12-13H2,1-4H3. The van der Waals surface area contributed by atoms with Crippen molar-refractivity contribution in [3.63, 3.8) is 0 Å². The van der Waals surface area contributed by atoms with Crippen LogP contribution >= 0.6 is 0 Å².